The molecular weight excluding hydrogens is 404 g/mol. The first-order valence-corrected chi connectivity index (χ1v) is 9.90. The summed E-state index contributed by atoms with van der Waals surface area (Å²) in [6.45, 7) is 0. The Balaban J connectivity index is 1.80. The Bertz CT molecular complexity index is 1120. The molecule has 0 bridgehead atoms. The number of rotatable bonds is 7. The predicted octanol–water partition coefficient (Wildman–Crippen LogP) is 3.38. The van der Waals surface area contributed by atoms with Gasteiger partial charge in [-0.2, -0.15) is 5.10 Å². The maximum atomic E-state index is 12.8. The molecular formula is C25H24N4O3. The SMILES string of the molecule is CN(C)c1ccc(C=C(NC(=O)c2ccccc2)C(=O)NN=Cc2ccc(O)cc2)cc1. The van der Waals surface area contributed by atoms with Crippen molar-refractivity contribution in [3.63, 3.8) is 0 Å². The van der Waals surface area contributed by atoms with Crippen LogP contribution in [0.4, 0.5) is 5.69 Å². The van der Waals surface area contributed by atoms with Gasteiger partial charge in [-0.15, -0.1) is 0 Å². The van der Waals surface area contributed by atoms with Crippen molar-refractivity contribution in [3.05, 3.63) is 101 Å². The van der Waals surface area contributed by atoms with E-state index in [1.165, 1.54) is 18.3 Å². The molecule has 3 rings (SSSR count). The number of carbonyl (C=O) groups is 2. The third-order valence-electron chi connectivity index (χ3n) is 4.52. The zero-order valence-corrected chi connectivity index (χ0v) is 17.8. The lowest BCUT2D eigenvalue weighted by Gasteiger charge is -2.12. The van der Waals surface area contributed by atoms with Gasteiger partial charge in [0.2, 0.25) is 0 Å². The molecule has 0 saturated carbocycles. The van der Waals surface area contributed by atoms with Crippen molar-refractivity contribution >= 4 is 29.8 Å². The number of nitrogens with one attached hydrogen (secondary N) is 2. The molecule has 0 atom stereocenters. The molecule has 0 aliphatic carbocycles. The molecule has 0 heterocycles. The number of anilines is 1. The van der Waals surface area contributed by atoms with E-state index in [0.717, 1.165) is 11.3 Å². The second-order valence-electron chi connectivity index (χ2n) is 7.15. The molecule has 0 spiro atoms. The molecule has 0 aliphatic heterocycles. The van der Waals surface area contributed by atoms with Gasteiger partial charge in [-0.25, -0.2) is 5.43 Å². The summed E-state index contributed by atoms with van der Waals surface area (Å²) in [7, 11) is 3.88. The third kappa shape index (κ3) is 6.30. The smallest absolute Gasteiger partial charge is 0.287 e. The van der Waals surface area contributed by atoms with Crippen LogP contribution in [0.25, 0.3) is 6.08 Å². The molecule has 3 aromatic carbocycles. The number of aromatic hydroxyl groups is 1. The number of benzene rings is 3. The Labute approximate surface area is 186 Å². The Morgan fingerprint density at radius 3 is 2.12 bits per heavy atom. The van der Waals surface area contributed by atoms with Crippen LogP contribution in [-0.2, 0) is 4.79 Å². The van der Waals surface area contributed by atoms with Gasteiger partial charge in [0, 0.05) is 25.3 Å². The first-order valence-electron chi connectivity index (χ1n) is 9.90. The molecule has 3 N–H and O–H groups in total. The summed E-state index contributed by atoms with van der Waals surface area (Å²) in [4.78, 5) is 27.4. The van der Waals surface area contributed by atoms with Crippen LogP contribution in [0.2, 0.25) is 0 Å². The van der Waals surface area contributed by atoms with Gasteiger partial charge in [0.25, 0.3) is 11.8 Å². The van der Waals surface area contributed by atoms with E-state index in [0.29, 0.717) is 11.1 Å². The highest BCUT2D eigenvalue weighted by atomic mass is 16.3. The summed E-state index contributed by atoms with van der Waals surface area (Å²) < 4.78 is 0. The fourth-order valence-electron chi connectivity index (χ4n) is 2.76. The zero-order valence-electron chi connectivity index (χ0n) is 17.8. The molecule has 0 aliphatic rings. The van der Waals surface area contributed by atoms with Crippen molar-refractivity contribution in [2.45, 2.75) is 0 Å². The van der Waals surface area contributed by atoms with E-state index in [-0.39, 0.29) is 11.4 Å². The van der Waals surface area contributed by atoms with Gasteiger partial charge in [-0.1, -0.05) is 30.3 Å². The fraction of sp³-hybridized carbons (Fsp3) is 0.0800. The number of phenolic OH excluding ortho intramolecular Hbond substituents is 1. The van der Waals surface area contributed by atoms with Crippen molar-refractivity contribution in [2.24, 2.45) is 5.10 Å². The monoisotopic (exact) mass is 428 g/mol. The van der Waals surface area contributed by atoms with Crippen LogP contribution in [0.15, 0.2) is 89.7 Å². The summed E-state index contributed by atoms with van der Waals surface area (Å²) in [5, 5.41) is 16.0. The largest absolute Gasteiger partial charge is 0.508 e. The first-order chi connectivity index (χ1) is 15.4. The average molecular weight is 428 g/mol. The second kappa shape index (κ2) is 10.6. The van der Waals surface area contributed by atoms with Crippen LogP contribution < -0.4 is 15.6 Å². The maximum absolute atomic E-state index is 12.8. The van der Waals surface area contributed by atoms with E-state index in [9.17, 15) is 14.7 Å². The van der Waals surface area contributed by atoms with Crippen LogP contribution >= 0.6 is 0 Å². The average Bonchev–Trinajstić information content (AvgIpc) is 2.80. The zero-order chi connectivity index (χ0) is 22.9. The summed E-state index contributed by atoms with van der Waals surface area (Å²) in [5.41, 5.74) is 5.37. The lowest BCUT2D eigenvalue weighted by atomic mass is 10.1. The van der Waals surface area contributed by atoms with Gasteiger partial charge in [0.15, 0.2) is 0 Å². The molecule has 0 aromatic heterocycles. The first kappa shape index (κ1) is 22.3. The van der Waals surface area contributed by atoms with E-state index in [1.54, 1.807) is 42.5 Å². The van der Waals surface area contributed by atoms with Crippen molar-refractivity contribution < 1.29 is 14.7 Å². The number of hydrogen-bond donors (Lipinski definition) is 3. The van der Waals surface area contributed by atoms with Crippen molar-refractivity contribution in [2.75, 3.05) is 19.0 Å². The van der Waals surface area contributed by atoms with Gasteiger partial charge >= 0.3 is 0 Å². The van der Waals surface area contributed by atoms with Crippen LogP contribution in [-0.4, -0.2) is 37.2 Å². The molecule has 3 aromatic rings. The van der Waals surface area contributed by atoms with E-state index < -0.39 is 11.8 Å². The predicted molar refractivity (Wildman–Crippen MR) is 126 cm³/mol. The topological polar surface area (TPSA) is 94.0 Å². The normalized spacial score (nSPS) is 11.2. The highest BCUT2D eigenvalue weighted by Gasteiger charge is 2.14. The highest BCUT2D eigenvalue weighted by molar-refractivity contribution is 6.05. The van der Waals surface area contributed by atoms with Crippen molar-refractivity contribution in [1.82, 2.24) is 10.7 Å². The van der Waals surface area contributed by atoms with Crippen LogP contribution in [0, 0.1) is 0 Å². The number of carbonyl (C=O) groups excluding carboxylic acids is 2. The summed E-state index contributed by atoms with van der Waals surface area (Å²) in [6.07, 6.45) is 3.03. The number of amides is 2. The van der Waals surface area contributed by atoms with Gasteiger partial charge in [-0.3, -0.25) is 9.59 Å². The molecule has 0 saturated heterocycles. The Hall–Kier alpha value is -4.39. The van der Waals surface area contributed by atoms with Gasteiger partial charge in [0.05, 0.1) is 6.21 Å². The van der Waals surface area contributed by atoms with E-state index in [2.05, 4.69) is 15.8 Å². The van der Waals surface area contributed by atoms with Crippen LogP contribution in [0.3, 0.4) is 0 Å². The molecule has 2 amide bonds. The molecule has 32 heavy (non-hydrogen) atoms. The molecule has 0 radical (unpaired) electrons. The summed E-state index contributed by atoms with van der Waals surface area (Å²) in [5.74, 6) is -0.833. The number of phenols is 1. The minimum Gasteiger partial charge on any atom is -0.508 e. The quantitative estimate of drug-likeness (QED) is 0.306. The lowest BCUT2D eigenvalue weighted by Crippen LogP contribution is -2.32. The molecule has 7 heteroatoms. The van der Waals surface area contributed by atoms with Crippen LogP contribution in [0.1, 0.15) is 21.5 Å². The number of hydrazone groups is 1. The minimum absolute atomic E-state index is 0.0549. The Morgan fingerprint density at radius 2 is 1.50 bits per heavy atom. The third-order valence-corrected chi connectivity index (χ3v) is 4.52. The molecule has 0 unspecified atom stereocenters. The molecule has 0 fully saturated rings. The number of nitrogens with zero attached hydrogens (tertiary/aromatic N) is 2. The number of hydrogen-bond acceptors (Lipinski definition) is 5. The van der Waals surface area contributed by atoms with Crippen molar-refractivity contribution in [1.29, 1.82) is 0 Å². The highest BCUT2D eigenvalue weighted by Crippen LogP contribution is 2.15. The van der Waals surface area contributed by atoms with E-state index in [1.807, 2.05) is 49.3 Å². The fourth-order valence-corrected chi connectivity index (χ4v) is 2.76. The lowest BCUT2D eigenvalue weighted by molar-refractivity contribution is -0.117. The van der Waals surface area contributed by atoms with E-state index >= 15 is 0 Å². The Kier molecular flexibility index (Phi) is 7.37. The molecule has 162 valence electrons. The van der Waals surface area contributed by atoms with Crippen LogP contribution in [0.5, 0.6) is 5.75 Å². The second-order valence-corrected chi connectivity index (χ2v) is 7.15. The summed E-state index contributed by atoms with van der Waals surface area (Å²) in [6, 6.07) is 22.6. The van der Waals surface area contributed by atoms with Crippen molar-refractivity contribution in [3.8, 4) is 5.75 Å². The van der Waals surface area contributed by atoms with E-state index in [4.69, 9.17) is 0 Å². The maximum Gasteiger partial charge on any atom is 0.287 e. The van der Waals surface area contributed by atoms with Gasteiger partial charge in [-0.05, 0) is 65.7 Å². The standard InChI is InChI=1S/C25H24N4O3/c1-29(2)21-12-8-18(9-13-21)16-23(27-24(31)20-6-4-3-5-7-20)25(32)28-26-17-19-10-14-22(30)15-11-19/h3-17,30H,1-2H3,(H,27,31)(H,28,32). The van der Waals surface area contributed by atoms with Gasteiger partial charge in [0.1, 0.15) is 11.4 Å². The summed E-state index contributed by atoms with van der Waals surface area (Å²) >= 11 is 0. The minimum atomic E-state index is -0.569. The molecule has 7 nitrogen and oxygen atoms in total. The van der Waals surface area contributed by atoms with Gasteiger partial charge < -0.3 is 15.3 Å². The Morgan fingerprint density at radius 1 is 0.875 bits per heavy atom.